The maximum absolute atomic E-state index is 13.6. The molecule has 0 fully saturated rings. The Labute approximate surface area is 228 Å². The average molecular weight is 519 g/mol. The molecule has 0 saturated carbocycles. The van der Waals surface area contributed by atoms with E-state index in [0.717, 1.165) is 22.3 Å². The molecule has 4 aromatic rings. The zero-order valence-corrected chi connectivity index (χ0v) is 22.2. The summed E-state index contributed by atoms with van der Waals surface area (Å²) in [6.45, 7) is 5.99. The molecule has 7 rings (SSSR count). The van der Waals surface area contributed by atoms with Crippen molar-refractivity contribution in [1.29, 1.82) is 0 Å². The van der Waals surface area contributed by atoms with Gasteiger partial charge >= 0.3 is 11.9 Å². The molecule has 0 saturated heterocycles. The number of carbonyl (C=O) groups excluding carboxylic acids is 2. The van der Waals surface area contributed by atoms with Crippen molar-refractivity contribution >= 4 is 11.9 Å². The Hall–Kier alpha value is -4.22. The highest BCUT2D eigenvalue weighted by molar-refractivity contribution is 5.91. The number of fused-ring (bicyclic) bond motifs is 1. The highest BCUT2D eigenvalue weighted by Gasteiger charge is 2.68. The van der Waals surface area contributed by atoms with E-state index in [1.54, 1.807) is 48.5 Å². The van der Waals surface area contributed by atoms with Gasteiger partial charge in [-0.2, -0.15) is 0 Å². The third-order valence-electron chi connectivity index (χ3n) is 7.93. The zero-order valence-electron chi connectivity index (χ0n) is 22.2. The average Bonchev–Trinajstić information content (AvgIpc) is 2.97. The van der Waals surface area contributed by atoms with Crippen LogP contribution >= 0.6 is 0 Å². The van der Waals surface area contributed by atoms with E-state index in [1.807, 2.05) is 62.4 Å². The van der Waals surface area contributed by atoms with Gasteiger partial charge in [0.1, 0.15) is 0 Å². The van der Waals surface area contributed by atoms with Crippen LogP contribution in [0.4, 0.5) is 0 Å². The minimum absolute atomic E-state index is 0.225. The standard InChI is InChI=1S/C34H30O5/c1-22(2)39-34-27-20-12-10-18-25(27)33(3,26-19-11-13-21-28(26)34)29(37-31(35)23-14-6-4-7-15-23)30(34)38-32(36)24-16-8-5-9-17-24/h4-22,29-30H,1-3H3/t29?,30?,33-,34-. The van der Waals surface area contributed by atoms with E-state index >= 15 is 0 Å². The first-order chi connectivity index (χ1) is 18.9. The van der Waals surface area contributed by atoms with E-state index < -0.39 is 35.2 Å². The predicted octanol–water partition coefficient (Wildman–Crippen LogP) is 6.44. The molecule has 196 valence electrons. The minimum atomic E-state index is -1.19. The van der Waals surface area contributed by atoms with Crippen LogP contribution in [0.15, 0.2) is 109 Å². The lowest BCUT2D eigenvalue weighted by Crippen LogP contribution is -2.68. The highest BCUT2D eigenvalue weighted by Crippen LogP contribution is 2.61. The van der Waals surface area contributed by atoms with E-state index in [2.05, 4.69) is 19.1 Å². The Balaban J connectivity index is 1.60. The lowest BCUT2D eigenvalue weighted by Gasteiger charge is -2.60. The predicted molar refractivity (Wildman–Crippen MR) is 148 cm³/mol. The van der Waals surface area contributed by atoms with Crippen molar-refractivity contribution < 1.29 is 23.8 Å². The Bertz CT molecular complexity index is 1480. The molecule has 3 aliphatic rings. The molecule has 39 heavy (non-hydrogen) atoms. The van der Waals surface area contributed by atoms with Crippen LogP contribution in [0.25, 0.3) is 0 Å². The van der Waals surface area contributed by atoms with Gasteiger partial charge in [-0.3, -0.25) is 0 Å². The van der Waals surface area contributed by atoms with Crippen molar-refractivity contribution in [3.05, 3.63) is 143 Å². The second-order valence-corrected chi connectivity index (χ2v) is 10.6. The van der Waals surface area contributed by atoms with Gasteiger partial charge in [0.2, 0.25) is 0 Å². The van der Waals surface area contributed by atoms with Crippen LogP contribution in [0.2, 0.25) is 0 Å². The molecule has 0 amide bonds. The van der Waals surface area contributed by atoms with Gasteiger partial charge in [-0.15, -0.1) is 0 Å². The van der Waals surface area contributed by atoms with Gasteiger partial charge in [-0.25, -0.2) is 9.59 Å². The molecule has 5 heteroatoms. The summed E-state index contributed by atoms with van der Waals surface area (Å²) in [7, 11) is 0. The molecule has 5 nitrogen and oxygen atoms in total. The van der Waals surface area contributed by atoms with Gasteiger partial charge in [0.05, 0.1) is 22.6 Å². The summed E-state index contributed by atoms with van der Waals surface area (Å²) in [6, 6.07) is 33.8. The van der Waals surface area contributed by atoms with E-state index in [1.165, 1.54) is 0 Å². The molecule has 2 unspecified atom stereocenters. The zero-order chi connectivity index (χ0) is 27.2. The van der Waals surface area contributed by atoms with Crippen LogP contribution in [-0.4, -0.2) is 30.3 Å². The number of benzene rings is 4. The number of ether oxygens (including phenoxy) is 3. The molecule has 0 heterocycles. The monoisotopic (exact) mass is 518 g/mol. The number of esters is 2. The lowest BCUT2D eigenvalue weighted by atomic mass is 9.51. The topological polar surface area (TPSA) is 61.8 Å². The van der Waals surface area contributed by atoms with Crippen molar-refractivity contribution in [2.24, 2.45) is 0 Å². The first-order valence-electron chi connectivity index (χ1n) is 13.3. The molecular weight excluding hydrogens is 488 g/mol. The van der Waals surface area contributed by atoms with Crippen LogP contribution in [0.5, 0.6) is 0 Å². The van der Waals surface area contributed by atoms with Crippen LogP contribution in [0.3, 0.4) is 0 Å². The maximum atomic E-state index is 13.6. The fourth-order valence-corrected chi connectivity index (χ4v) is 6.34. The van der Waals surface area contributed by atoms with E-state index in [4.69, 9.17) is 14.2 Å². The summed E-state index contributed by atoms with van der Waals surface area (Å²) in [5.74, 6) is -0.982. The van der Waals surface area contributed by atoms with E-state index in [0.29, 0.717) is 11.1 Å². The smallest absolute Gasteiger partial charge is 0.338 e. The molecule has 0 spiro atoms. The molecule has 3 aliphatic carbocycles. The summed E-state index contributed by atoms with van der Waals surface area (Å²) >= 11 is 0. The van der Waals surface area contributed by atoms with Gasteiger partial charge in [0, 0.05) is 0 Å². The van der Waals surface area contributed by atoms with Crippen molar-refractivity contribution in [3.8, 4) is 0 Å². The lowest BCUT2D eigenvalue weighted by molar-refractivity contribution is -0.192. The van der Waals surface area contributed by atoms with E-state index in [-0.39, 0.29) is 6.10 Å². The number of hydrogen-bond donors (Lipinski definition) is 0. The molecule has 0 N–H and O–H groups in total. The SMILES string of the molecule is CC(C)O[C@]12c3ccccc3[C@](C)(c3ccccc31)C(OC(=O)c1ccccc1)C2OC(=O)c1ccccc1. The number of carbonyl (C=O) groups is 2. The fraction of sp³-hybridized carbons (Fsp3) is 0.235. The fourth-order valence-electron chi connectivity index (χ4n) is 6.34. The number of hydrogen-bond acceptors (Lipinski definition) is 5. The molecule has 4 aromatic carbocycles. The molecule has 2 atom stereocenters. The minimum Gasteiger partial charge on any atom is -0.453 e. The Morgan fingerprint density at radius 3 is 1.41 bits per heavy atom. The van der Waals surface area contributed by atoms with Gasteiger partial charge in [0.25, 0.3) is 0 Å². The van der Waals surface area contributed by atoms with Crippen LogP contribution in [-0.2, 0) is 25.2 Å². The Kier molecular flexibility index (Phi) is 6.12. The number of rotatable bonds is 6. The normalized spacial score (nSPS) is 24.5. The van der Waals surface area contributed by atoms with Crippen molar-refractivity contribution in [1.82, 2.24) is 0 Å². The Morgan fingerprint density at radius 1 is 0.590 bits per heavy atom. The van der Waals surface area contributed by atoms with Crippen molar-refractivity contribution in [2.45, 2.75) is 50.1 Å². The molecule has 0 radical (unpaired) electrons. The summed E-state index contributed by atoms with van der Waals surface area (Å²) in [5, 5.41) is 0. The Morgan fingerprint density at radius 2 is 0.974 bits per heavy atom. The van der Waals surface area contributed by atoms with Crippen LogP contribution in [0.1, 0.15) is 63.7 Å². The van der Waals surface area contributed by atoms with Crippen molar-refractivity contribution in [2.75, 3.05) is 0 Å². The summed E-state index contributed by atoms with van der Waals surface area (Å²) in [6.07, 6.45) is -2.03. The second kappa shape index (κ2) is 9.51. The van der Waals surface area contributed by atoms with Crippen LogP contribution < -0.4 is 0 Å². The quantitative estimate of drug-likeness (QED) is 0.275. The first-order valence-corrected chi connectivity index (χ1v) is 13.3. The summed E-state index contributed by atoms with van der Waals surface area (Å²) < 4.78 is 19.7. The third kappa shape index (κ3) is 3.80. The largest absolute Gasteiger partial charge is 0.453 e. The summed E-state index contributed by atoms with van der Waals surface area (Å²) in [4.78, 5) is 27.2. The maximum Gasteiger partial charge on any atom is 0.338 e. The molecular formula is C34H30O5. The van der Waals surface area contributed by atoms with E-state index in [9.17, 15) is 9.59 Å². The van der Waals surface area contributed by atoms with Gasteiger partial charge < -0.3 is 14.2 Å². The molecule has 0 aliphatic heterocycles. The van der Waals surface area contributed by atoms with Crippen LogP contribution in [0, 0.1) is 0 Å². The third-order valence-corrected chi connectivity index (χ3v) is 7.93. The molecule has 2 bridgehead atoms. The summed E-state index contributed by atoms with van der Waals surface area (Å²) in [5.41, 5.74) is 2.65. The van der Waals surface area contributed by atoms with Gasteiger partial charge in [-0.1, -0.05) is 84.9 Å². The van der Waals surface area contributed by atoms with Gasteiger partial charge in [-0.05, 0) is 67.3 Å². The first kappa shape index (κ1) is 25.1. The van der Waals surface area contributed by atoms with Gasteiger partial charge in [0.15, 0.2) is 17.8 Å². The second-order valence-electron chi connectivity index (χ2n) is 10.6. The van der Waals surface area contributed by atoms with Crippen molar-refractivity contribution in [3.63, 3.8) is 0 Å². The highest BCUT2D eigenvalue weighted by atomic mass is 16.6. The molecule has 0 aromatic heterocycles.